The van der Waals surface area contributed by atoms with Crippen molar-refractivity contribution < 1.29 is 17.6 Å². The van der Waals surface area contributed by atoms with Crippen LogP contribution in [0.2, 0.25) is 0 Å². The minimum atomic E-state index is -4.53. The van der Waals surface area contributed by atoms with Crippen molar-refractivity contribution in [3.05, 3.63) is 35.1 Å². The lowest BCUT2D eigenvalue weighted by molar-refractivity contribution is -0.138. The van der Waals surface area contributed by atoms with Crippen molar-refractivity contribution in [1.82, 2.24) is 10.2 Å². The molecular weight excluding hydrogens is 258 g/mol. The average molecular weight is 263 g/mol. The molecule has 1 aromatic carbocycles. The summed E-state index contributed by atoms with van der Waals surface area (Å²) in [5, 5.41) is 7.51. The molecule has 0 radical (unpaired) electrons. The molecule has 90 valence electrons. The van der Waals surface area contributed by atoms with Gasteiger partial charge in [-0.1, -0.05) is 23.5 Å². The maximum atomic E-state index is 13.2. The Labute approximate surface area is 97.1 Å². The monoisotopic (exact) mass is 263 g/mol. The molecule has 1 heterocycles. The minimum Gasteiger partial charge on any atom is -0.328 e. The summed E-state index contributed by atoms with van der Waals surface area (Å²) in [6, 6.07) is 5.61. The van der Waals surface area contributed by atoms with Gasteiger partial charge in [-0.15, -0.1) is 10.2 Å². The third-order valence-corrected chi connectivity index (χ3v) is 2.67. The molecule has 0 unspecified atom stereocenters. The van der Waals surface area contributed by atoms with E-state index >= 15 is 0 Å². The van der Waals surface area contributed by atoms with E-state index in [9.17, 15) is 17.6 Å². The van der Waals surface area contributed by atoms with E-state index in [1.165, 1.54) is 18.2 Å². The molecule has 2 rings (SSSR count). The maximum Gasteiger partial charge on any atom is 0.445 e. The number of aromatic nitrogens is 2. The summed E-state index contributed by atoms with van der Waals surface area (Å²) >= 11 is 0.318. The van der Waals surface area contributed by atoms with E-state index in [0.717, 1.165) is 0 Å². The molecule has 0 bridgehead atoms. The Morgan fingerprint density at radius 2 is 1.82 bits per heavy atom. The van der Waals surface area contributed by atoms with Crippen molar-refractivity contribution in [2.75, 3.05) is 5.32 Å². The Bertz CT molecular complexity index is 523. The molecule has 0 aliphatic rings. The van der Waals surface area contributed by atoms with Gasteiger partial charge in [0, 0.05) is 0 Å². The summed E-state index contributed by atoms with van der Waals surface area (Å²) in [4.78, 5) is 0. The highest BCUT2D eigenvalue weighted by Crippen LogP contribution is 2.34. The molecule has 0 saturated carbocycles. The van der Waals surface area contributed by atoms with Gasteiger partial charge in [0.2, 0.25) is 10.1 Å². The van der Waals surface area contributed by atoms with Gasteiger partial charge in [0.1, 0.15) is 5.82 Å². The van der Waals surface area contributed by atoms with Crippen molar-refractivity contribution in [2.45, 2.75) is 6.18 Å². The Balaban J connectivity index is 2.21. The van der Waals surface area contributed by atoms with Crippen LogP contribution in [-0.2, 0) is 6.18 Å². The Kier molecular flexibility index (Phi) is 2.97. The first-order valence-corrected chi connectivity index (χ1v) is 5.21. The highest BCUT2D eigenvalue weighted by molar-refractivity contribution is 7.15. The Hall–Kier alpha value is -1.70. The van der Waals surface area contributed by atoms with Crippen LogP contribution in [0, 0.1) is 5.82 Å². The molecule has 0 aliphatic heterocycles. The number of alkyl halides is 3. The first-order chi connectivity index (χ1) is 7.97. The standard InChI is InChI=1S/C9H5F4N3S/c10-5-3-1-2-4-6(5)14-8-16-15-7(17-8)9(11,12)13/h1-4H,(H,14,16). The number of nitrogens with zero attached hydrogens (tertiary/aromatic N) is 2. The van der Waals surface area contributed by atoms with Crippen LogP contribution in [0.4, 0.5) is 28.4 Å². The second-order valence-corrected chi connectivity index (χ2v) is 3.99. The molecule has 0 spiro atoms. The third-order valence-electron chi connectivity index (χ3n) is 1.78. The molecule has 0 fully saturated rings. The van der Waals surface area contributed by atoms with Gasteiger partial charge in [0.05, 0.1) is 5.69 Å². The van der Waals surface area contributed by atoms with E-state index in [4.69, 9.17) is 0 Å². The fourth-order valence-corrected chi connectivity index (χ4v) is 1.69. The quantitative estimate of drug-likeness (QED) is 0.843. The molecule has 0 aliphatic carbocycles. The Morgan fingerprint density at radius 1 is 1.12 bits per heavy atom. The maximum absolute atomic E-state index is 13.2. The molecule has 3 nitrogen and oxygen atoms in total. The average Bonchev–Trinajstić information content (AvgIpc) is 2.69. The summed E-state index contributed by atoms with van der Waals surface area (Å²) in [5.41, 5.74) is 0.0531. The van der Waals surface area contributed by atoms with E-state index in [2.05, 4.69) is 15.5 Å². The zero-order valence-corrected chi connectivity index (χ0v) is 8.94. The second kappa shape index (κ2) is 4.28. The smallest absolute Gasteiger partial charge is 0.328 e. The van der Waals surface area contributed by atoms with Crippen LogP contribution in [-0.4, -0.2) is 10.2 Å². The molecule has 17 heavy (non-hydrogen) atoms. The molecule has 2 aromatic rings. The Morgan fingerprint density at radius 3 is 2.41 bits per heavy atom. The van der Waals surface area contributed by atoms with Gasteiger partial charge in [-0.05, 0) is 12.1 Å². The van der Waals surface area contributed by atoms with Gasteiger partial charge in [0.15, 0.2) is 0 Å². The van der Waals surface area contributed by atoms with Gasteiger partial charge in [-0.2, -0.15) is 13.2 Å². The van der Waals surface area contributed by atoms with E-state index in [1.807, 2.05) is 0 Å². The lowest BCUT2D eigenvalue weighted by atomic mass is 10.3. The molecular formula is C9H5F4N3S. The van der Waals surface area contributed by atoms with E-state index in [-0.39, 0.29) is 10.8 Å². The van der Waals surface area contributed by atoms with Crippen LogP contribution >= 0.6 is 11.3 Å². The van der Waals surface area contributed by atoms with Gasteiger partial charge in [-0.3, -0.25) is 0 Å². The minimum absolute atomic E-state index is 0.0531. The third kappa shape index (κ3) is 2.70. The van der Waals surface area contributed by atoms with Crippen LogP contribution in [0.15, 0.2) is 24.3 Å². The van der Waals surface area contributed by atoms with Crippen LogP contribution in [0.1, 0.15) is 5.01 Å². The number of hydrogen-bond acceptors (Lipinski definition) is 4. The van der Waals surface area contributed by atoms with Crippen molar-refractivity contribution in [3.63, 3.8) is 0 Å². The van der Waals surface area contributed by atoms with E-state index in [1.54, 1.807) is 6.07 Å². The number of rotatable bonds is 2. The number of anilines is 2. The van der Waals surface area contributed by atoms with Crippen molar-refractivity contribution >= 4 is 22.2 Å². The summed E-state index contributed by atoms with van der Waals surface area (Å²) in [5.74, 6) is -0.573. The van der Waals surface area contributed by atoms with Crippen LogP contribution in [0.25, 0.3) is 0 Å². The number of halogens is 4. The fraction of sp³-hybridized carbons (Fsp3) is 0.111. The summed E-state index contributed by atoms with van der Waals surface area (Å²) in [6.45, 7) is 0. The topological polar surface area (TPSA) is 37.8 Å². The molecule has 8 heteroatoms. The lowest BCUT2D eigenvalue weighted by Gasteiger charge is -2.02. The zero-order valence-electron chi connectivity index (χ0n) is 8.12. The normalized spacial score (nSPS) is 11.5. The number of hydrogen-bond donors (Lipinski definition) is 1. The first kappa shape index (κ1) is 11.8. The van der Waals surface area contributed by atoms with Gasteiger partial charge >= 0.3 is 6.18 Å². The van der Waals surface area contributed by atoms with E-state index in [0.29, 0.717) is 11.3 Å². The summed E-state index contributed by atoms with van der Waals surface area (Å²) in [7, 11) is 0. The highest BCUT2D eigenvalue weighted by Gasteiger charge is 2.35. The lowest BCUT2D eigenvalue weighted by Crippen LogP contribution is -2.03. The summed E-state index contributed by atoms with van der Waals surface area (Å²) < 4.78 is 49.9. The number of nitrogens with one attached hydrogen (secondary N) is 1. The highest BCUT2D eigenvalue weighted by atomic mass is 32.1. The fourth-order valence-electron chi connectivity index (χ4n) is 1.07. The van der Waals surface area contributed by atoms with E-state index < -0.39 is 17.0 Å². The molecule has 0 saturated heterocycles. The number of para-hydroxylation sites is 1. The second-order valence-electron chi connectivity index (χ2n) is 3.01. The van der Waals surface area contributed by atoms with Gasteiger partial charge in [-0.25, -0.2) is 4.39 Å². The number of benzene rings is 1. The predicted octanol–water partition coefficient (Wildman–Crippen LogP) is 3.44. The van der Waals surface area contributed by atoms with Crippen molar-refractivity contribution in [2.24, 2.45) is 0 Å². The van der Waals surface area contributed by atoms with Crippen LogP contribution < -0.4 is 5.32 Å². The largest absolute Gasteiger partial charge is 0.445 e. The van der Waals surface area contributed by atoms with Crippen molar-refractivity contribution in [1.29, 1.82) is 0 Å². The molecule has 1 aromatic heterocycles. The van der Waals surface area contributed by atoms with Gasteiger partial charge < -0.3 is 5.32 Å². The summed E-state index contributed by atoms with van der Waals surface area (Å²) in [6.07, 6.45) is -4.53. The van der Waals surface area contributed by atoms with Crippen LogP contribution in [0.5, 0.6) is 0 Å². The first-order valence-electron chi connectivity index (χ1n) is 4.39. The molecule has 1 N–H and O–H groups in total. The zero-order chi connectivity index (χ0) is 12.5. The van der Waals surface area contributed by atoms with Crippen molar-refractivity contribution in [3.8, 4) is 0 Å². The molecule has 0 amide bonds. The molecule has 0 atom stereocenters. The SMILES string of the molecule is Fc1ccccc1Nc1nnc(C(F)(F)F)s1. The van der Waals surface area contributed by atoms with Crippen LogP contribution in [0.3, 0.4) is 0 Å². The predicted molar refractivity (Wildman–Crippen MR) is 54.6 cm³/mol. The van der Waals surface area contributed by atoms with Gasteiger partial charge in [0.25, 0.3) is 0 Å².